The normalized spacial score (nSPS) is 19.9. The second kappa shape index (κ2) is 10.3. The summed E-state index contributed by atoms with van der Waals surface area (Å²) < 4.78 is 5.54. The van der Waals surface area contributed by atoms with Crippen molar-refractivity contribution in [2.24, 2.45) is 5.92 Å². The van der Waals surface area contributed by atoms with E-state index < -0.39 is 30.1 Å². The Balaban J connectivity index is 1.36. The number of benzene rings is 2. The van der Waals surface area contributed by atoms with Crippen LogP contribution < -0.4 is 5.32 Å². The van der Waals surface area contributed by atoms with Gasteiger partial charge in [0.05, 0.1) is 12.0 Å². The van der Waals surface area contributed by atoms with Crippen LogP contribution in [0.15, 0.2) is 48.5 Å². The lowest BCUT2D eigenvalue weighted by molar-refractivity contribution is -0.150. The molecule has 0 saturated carbocycles. The second-order valence-electron chi connectivity index (χ2n) is 8.93. The summed E-state index contributed by atoms with van der Waals surface area (Å²) in [6.45, 7) is 2.12. The van der Waals surface area contributed by atoms with Gasteiger partial charge in [0.2, 0.25) is 5.91 Å². The number of nitrogens with zero attached hydrogens (tertiary/aromatic N) is 1. The number of carboxylic acid groups (broad SMARTS) is 1. The number of hydrogen-bond donors (Lipinski definition) is 3. The summed E-state index contributed by atoms with van der Waals surface area (Å²) in [6, 6.07) is 15.1. The first-order chi connectivity index (χ1) is 16.4. The number of nitrogens with one attached hydrogen (secondary N) is 1. The van der Waals surface area contributed by atoms with E-state index in [4.69, 9.17) is 4.74 Å². The number of fused-ring (bicyclic) bond motifs is 3. The highest BCUT2D eigenvalue weighted by Crippen LogP contribution is 2.44. The Morgan fingerprint density at radius 2 is 1.71 bits per heavy atom. The fourth-order valence-corrected chi connectivity index (χ4v) is 5.04. The van der Waals surface area contributed by atoms with Crippen molar-refractivity contribution in [1.29, 1.82) is 0 Å². The maximum absolute atomic E-state index is 13.0. The number of carbonyl (C=O) groups is 3. The average Bonchev–Trinajstić information content (AvgIpc) is 3.38. The van der Waals surface area contributed by atoms with Gasteiger partial charge in [-0.2, -0.15) is 0 Å². The van der Waals surface area contributed by atoms with Crippen molar-refractivity contribution in [3.8, 4) is 11.1 Å². The molecule has 2 aromatic rings. The monoisotopic (exact) mass is 466 g/mol. The number of aliphatic carboxylic acids is 1. The fourth-order valence-electron chi connectivity index (χ4n) is 5.04. The van der Waals surface area contributed by atoms with Gasteiger partial charge in [0.1, 0.15) is 12.6 Å². The first kappa shape index (κ1) is 23.8. The van der Waals surface area contributed by atoms with Crippen LogP contribution in [-0.4, -0.2) is 64.9 Å². The molecule has 0 aromatic heterocycles. The van der Waals surface area contributed by atoms with Gasteiger partial charge in [0.25, 0.3) is 0 Å². The first-order valence-corrected chi connectivity index (χ1v) is 11.7. The molecule has 0 bridgehead atoms. The van der Waals surface area contributed by atoms with Crippen LogP contribution in [0.5, 0.6) is 0 Å². The largest absolute Gasteiger partial charge is 0.480 e. The summed E-state index contributed by atoms with van der Waals surface area (Å²) in [5.41, 5.74) is 4.51. The Hall–Kier alpha value is -3.39. The molecule has 2 amide bonds. The number of carboxylic acids is 1. The molecule has 8 heteroatoms. The molecule has 1 aliphatic heterocycles. The third-order valence-corrected chi connectivity index (χ3v) is 6.67. The molecule has 0 spiro atoms. The van der Waals surface area contributed by atoms with Crippen molar-refractivity contribution in [2.45, 2.75) is 44.2 Å². The van der Waals surface area contributed by atoms with E-state index in [1.807, 2.05) is 43.3 Å². The number of hydrogen-bond acceptors (Lipinski definition) is 5. The number of amides is 2. The number of alkyl carbamates (subject to hydrolysis) is 1. The molecule has 34 heavy (non-hydrogen) atoms. The van der Waals surface area contributed by atoms with Crippen LogP contribution in [0, 0.1) is 5.92 Å². The molecule has 1 heterocycles. The summed E-state index contributed by atoms with van der Waals surface area (Å²) in [6.07, 6.45) is -0.285. The van der Waals surface area contributed by atoms with E-state index in [9.17, 15) is 24.6 Å². The molecule has 1 fully saturated rings. The minimum atomic E-state index is -1.13. The molecule has 1 aliphatic carbocycles. The van der Waals surface area contributed by atoms with Crippen molar-refractivity contribution < 1.29 is 29.3 Å². The molecule has 2 aliphatic rings. The summed E-state index contributed by atoms with van der Waals surface area (Å²) in [5, 5.41) is 21.9. The van der Waals surface area contributed by atoms with E-state index in [1.54, 1.807) is 0 Å². The Labute approximate surface area is 198 Å². The Kier molecular flexibility index (Phi) is 7.17. The van der Waals surface area contributed by atoms with Crippen molar-refractivity contribution in [1.82, 2.24) is 10.2 Å². The molecule has 3 unspecified atom stereocenters. The average molecular weight is 467 g/mol. The Bertz CT molecular complexity index is 1030. The van der Waals surface area contributed by atoms with Crippen LogP contribution in [0.4, 0.5) is 4.79 Å². The van der Waals surface area contributed by atoms with Crippen LogP contribution in [0.3, 0.4) is 0 Å². The zero-order chi connectivity index (χ0) is 24.2. The van der Waals surface area contributed by atoms with Crippen molar-refractivity contribution >= 4 is 18.0 Å². The highest BCUT2D eigenvalue weighted by Gasteiger charge is 2.41. The number of ether oxygens (including phenoxy) is 1. The maximum atomic E-state index is 13.0. The third-order valence-electron chi connectivity index (χ3n) is 6.67. The number of carbonyl (C=O) groups excluding carboxylic acids is 2. The maximum Gasteiger partial charge on any atom is 0.407 e. The minimum Gasteiger partial charge on any atom is -0.480 e. The molecule has 3 atom stereocenters. The SMILES string of the molecule is CCCC(CNC(=O)OCC1c2ccccc2-c2ccccc21)C(=O)N1CC(O)CC1C(=O)O. The van der Waals surface area contributed by atoms with Gasteiger partial charge >= 0.3 is 12.1 Å². The Morgan fingerprint density at radius 3 is 2.29 bits per heavy atom. The lowest BCUT2D eigenvalue weighted by atomic mass is 9.98. The van der Waals surface area contributed by atoms with Crippen molar-refractivity contribution in [2.75, 3.05) is 19.7 Å². The molecule has 4 rings (SSSR count). The molecule has 2 aromatic carbocycles. The van der Waals surface area contributed by atoms with Crippen LogP contribution in [0.2, 0.25) is 0 Å². The predicted molar refractivity (Wildman–Crippen MR) is 125 cm³/mol. The van der Waals surface area contributed by atoms with E-state index in [-0.39, 0.29) is 37.9 Å². The number of likely N-dealkylation sites (tertiary alicyclic amines) is 1. The highest BCUT2D eigenvalue weighted by atomic mass is 16.5. The van der Waals surface area contributed by atoms with Crippen LogP contribution in [-0.2, 0) is 14.3 Å². The van der Waals surface area contributed by atoms with Crippen LogP contribution in [0.25, 0.3) is 11.1 Å². The molecule has 3 N–H and O–H groups in total. The second-order valence-corrected chi connectivity index (χ2v) is 8.93. The van der Waals surface area contributed by atoms with Gasteiger partial charge in [-0.3, -0.25) is 4.79 Å². The fraction of sp³-hybridized carbons (Fsp3) is 0.423. The lowest BCUT2D eigenvalue weighted by Gasteiger charge is -2.26. The van der Waals surface area contributed by atoms with Crippen molar-refractivity contribution in [3.05, 3.63) is 59.7 Å². The van der Waals surface area contributed by atoms with Gasteiger partial charge in [0, 0.05) is 25.4 Å². The van der Waals surface area contributed by atoms with E-state index in [0.717, 1.165) is 22.3 Å². The summed E-state index contributed by atoms with van der Waals surface area (Å²) in [4.78, 5) is 38.2. The van der Waals surface area contributed by atoms with E-state index in [0.29, 0.717) is 12.8 Å². The van der Waals surface area contributed by atoms with E-state index in [2.05, 4.69) is 17.4 Å². The van der Waals surface area contributed by atoms with E-state index >= 15 is 0 Å². The molecular weight excluding hydrogens is 436 g/mol. The standard InChI is InChI=1S/C26H30N2O6/c1-2-7-16(24(30)28-14-17(29)12-23(28)25(31)32)13-27-26(33)34-15-22-20-10-5-3-8-18(20)19-9-4-6-11-21(19)22/h3-6,8-11,16-17,22-23,29H,2,7,12-15H2,1H3,(H,27,33)(H,31,32). The van der Waals surface area contributed by atoms with Gasteiger partial charge < -0.3 is 25.2 Å². The van der Waals surface area contributed by atoms with Gasteiger partial charge in [-0.15, -0.1) is 0 Å². The van der Waals surface area contributed by atoms with Gasteiger partial charge in [-0.05, 0) is 28.7 Å². The smallest absolute Gasteiger partial charge is 0.407 e. The Morgan fingerprint density at radius 1 is 1.09 bits per heavy atom. The zero-order valence-electron chi connectivity index (χ0n) is 19.1. The minimum absolute atomic E-state index is 0.0129. The summed E-state index contributed by atoms with van der Waals surface area (Å²) in [7, 11) is 0. The van der Waals surface area contributed by atoms with Gasteiger partial charge in [-0.25, -0.2) is 9.59 Å². The molecule has 1 saturated heterocycles. The third kappa shape index (κ3) is 4.77. The molecule has 180 valence electrons. The van der Waals surface area contributed by atoms with Crippen molar-refractivity contribution in [3.63, 3.8) is 0 Å². The first-order valence-electron chi connectivity index (χ1n) is 11.7. The van der Waals surface area contributed by atoms with Crippen LogP contribution >= 0.6 is 0 Å². The number of aliphatic hydroxyl groups is 1. The molecule has 0 radical (unpaired) electrons. The van der Waals surface area contributed by atoms with Crippen LogP contribution in [0.1, 0.15) is 43.2 Å². The molecular formula is C26H30N2O6. The number of rotatable bonds is 8. The summed E-state index contributed by atoms with van der Waals surface area (Å²) >= 11 is 0. The zero-order valence-corrected chi connectivity index (χ0v) is 19.1. The number of aliphatic hydroxyl groups excluding tert-OH is 1. The highest BCUT2D eigenvalue weighted by molar-refractivity contribution is 5.86. The van der Waals surface area contributed by atoms with Gasteiger partial charge in [-0.1, -0.05) is 61.9 Å². The predicted octanol–water partition coefficient (Wildman–Crippen LogP) is 2.99. The van der Waals surface area contributed by atoms with Gasteiger partial charge in [0.15, 0.2) is 0 Å². The molecule has 8 nitrogen and oxygen atoms in total. The topological polar surface area (TPSA) is 116 Å². The lowest BCUT2D eigenvalue weighted by Crippen LogP contribution is -2.46. The summed E-state index contributed by atoms with van der Waals surface area (Å²) in [5.74, 6) is -2.15. The quantitative estimate of drug-likeness (QED) is 0.551. The number of β-amino-alcohol motifs (C(OH)–C–C–N with tert-alkyl or cyclic N) is 1. The van der Waals surface area contributed by atoms with E-state index in [1.165, 1.54) is 4.90 Å².